The fourth-order valence-corrected chi connectivity index (χ4v) is 1.27. The van der Waals surface area contributed by atoms with E-state index in [-0.39, 0.29) is 6.07 Å². The molecule has 0 radical (unpaired) electrons. The van der Waals surface area contributed by atoms with Crippen molar-refractivity contribution in [3.8, 4) is 0 Å². The van der Waals surface area contributed by atoms with Crippen LogP contribution in [0.1, 0.15) is 23.2 Å². The van der Waals surface area contributed by atoms with Crippen molar-refractivity contribution in [2.24, 2.45) is 0 Å². The highest BCUT2D eigenvalue weighted by Crippen LogP contribution is 2.38. The second-order valence-corrected chi connectivity index (χ2v) is 3.08. The Labute approximate surface area is 91.2 Å². The van der Waals surface area contributed by atoms with Crippen molar-refractivity contribution in [2.45, 2.75) is 19.5 Å². The molecule has 0 amide bonds. The molecule has 0 saturated carbocycles. The van der Waals surface area contributed by atoms with Crippen molar-refractivity contribution in [2.75, 3.05) is 0 Å². The number of aromatic nitrogens is 1. The average molecular weight is 256 g/mol. The molecule has 1 aromatic heterocycles. The lowest BCUT2D eigenvalue weighted by molar-refractivity contribution is -0.389. The topological polar surface area (TPSA) is 56.0 Å². The lowest BCUT2D eigenvalue weighted by Crippen LogP contribution is -2.13. The maximum Gasteiger partial charge on any atom is 0.417 e. The van der Waals surface area contributed by atoms with E-state index in [1.54, 1.807) is 0 Å². The van der Waals surface area contributed by atoms with Gasteiger partial charge in [-0.3, -0.25) is 0 Å². The number of hydrogen-bond acceptors (Lipinski definition) is 3. The summed E-state index contributed by atoms with van der Waals surface area (Å²) in [5, 5.41) is 10.3. The first-order valence-electron chi connectivity index (χ1n) is 4.16. The van der Waals surface area contributed by atoms with E-state index < -0.39 is 40.2 Å². The summed E-state index contributed by atoms with van der Waals surface area (Å²) in [5.41, 5.74) is -3.77. The Kier molecular flexibility index (Phi) is 3.30. The molecule has 0 aliphatic carbocycles. The third-order valence-electron chi connectivity index (χ3n) is 1.95. The van der Waals surface area contributed by atoms with Gasteiger partial charge in [0.05, 0.1) is 11.1 Å². The molecule has 0 aliphatic heterocycles. The van der Waals surface area contributed by atoms with Gasteiger partial charge in [0.1, 0.15) is 0 Å². The molecule has 94 valence electrons. The first-order chi connectivity index (χ1) is 7.64. The fourth-order valence-electron chi connectivity index (χ4n) is 1.27. The predicted molar refractivity (Wildman–Crippen MR) is 45.6 cm³/mol. The van der Waals surface area contributed by atoms with Gasteiger partial charge in [-0.1, -0.05) is 0 Å². The third-order valence-corrected chi connectivity index (χ3v) is 1.95. The van der Waals surface area contributed by atoms with Crippen LogP contribution in [0, 0.1) is 17.0 Å². The highest BCUT2D eigenvalue weighted by atomic mass is 19.4. The molecule has 17 heavy (non-hydrogen) atoms. The van der Waals surface area contributed by atoms with Crippen LogP contribution in [-0.2, 0) is 6.18 Å². The Balaban J connectivity index is 3.57. The minimum atomic E-state index is -5.09. The largest absolute Gasteiger partial charge is 0.417 e. The minimum absolute atomic E-state index is 0.00843. The molecule has 1 heterocycles. The Hall–Kier alpha value is -1.80. The number of alkyl halides is 5. The smallest absolute Gasteiger partial charge is 0.358 e. The molecule has 0 aromatic carbocycles. The summed E-state index contributed by atoms with van der Waals surface area (Å²) >= 11 is 0. The summed E-state index contributed by atoms with van der Waals surface area (Å²) in [6, 6.07) is 0.00843. The van der Waals surface area contributed by atoms with E-state index in [2.05, 4.69) is 4.98 Å². The van der Waals surface area contributed by atoms with E-state index in [0.29, 0.717) is 0 Å². The quantitative estimate of drug-likeness (QED) is 0.463. The molecular weight excluding hydrogens is 251 g/mol. The molecule has 0 unspecified atom stereocenters. The van der Waals surface area contributed by atoms with Gasteiger partial charge < -0.3 is 10.1 Å². The Morgan fingerprint density at radius 1 is 1.41 bits per heavy atom. The second kappa shape index (κ2) is 4.22. The van der Waals surface area contributed by atoms with Crippen LogP contribution in [-0.4, -0.2) is 9.91 Å². The monoisotopic (exact) mass is 256 g/mol. The van der Waals surface area contributed by atoms with E-state index in [1.807, 2.05) is 0 Å². The number of halogens is 5. The van der Waals surface area contributed by atoms with Gasteiger partial charge in [0.25, 0.3) is 6.43 Å². The Bertz CT molecular complexity index is 458. The molecule has 4 nitrogen and oxygen atoms in total. The first-order valence-corrected chi connectivity index (χ1v) is 4.16. The van der Waals surface area contributed by atoms with Gasteiger partial charge in [0.2, 0.25) is 0 Å². The SMILES string of the molecule is Cc1nc([N+](=O)[O-])cc(C(F)(F)F)c1C(F)F. The van der Waals surface area contributed by atoms with Gasteiger partial charge in [-0.25, -0.2) is 8.78 Å². The maximum absolute atomic E-state index is 12.4. The summed E-state index contributed by atoms with van der Waals surface area (Å²) < 4.78 is 62.2. The van der Waals surface area contributed by atoms with Crippen LogP contribution in [0.25, 0.3) is 0 Å². The average Bonchev–Trinajstić information content (AvgIpc) is 2.14. The summed E-state index contributed by atoms with van der Waals surface area (Å²) in [7, 11) is 0. The van der Waals surface area contributed by atoms with Crippen LogP contribution in [0.4, 0.5) is 27.8 Å². The number of nitrogens with zero attached hydrogens (tertiary/aromatic N) is 2. The van der Waals surface area contributed by atoms with E-state index in [4.69, 9.17) is 0 Å². The van der Waals surface area contributed by atoms with E-state index >= 15 is 0 Å². The molecule has 0 atom stereocenters. The van der Waals surface area contributed by atoms with Crippen molar-refractivity contribution in [1.82, 2.24) is 4.98 Å². The highest BCUT2D eigenvalue weighted by molar-refractivity contribution is 5.40. The van der Waals surface area contributed by atoms with Gasteiger partial charge >= 0.3 is 12.0 Å². The molecule has 0 aliphatic rings. The van der Waals surface area contributed by atoms with Gasteiger partial charge in [-0.05, 0) is 9.91 Å². The van der Waals surface area contributed by atoms with Gasteiger partial charge in [-0.15, -0.1) is 0 Å². The van der Waals surface area contributed by atoms with Crippen molar-refractivity contribution in [1.29, 1.82) is 0 Å². The van der Waals surface area contributed by atoms with Crippen molar-refractivity contribution < 1.29 is 26.9 Å². The van der Waals surface area contributed by atoms with Crippen LogP contribution in [0.15, 0.2) is 6.07 Å². The third kappa shape index (κ3) is 2.66. The van der Waals surface area contributed by atoms with E-state index in [0.717, 1.165) is 6.92 Å². The minimum Gasteiger partial charge on any atom is -0.358 e. The predicted octanol–water partition coefficient (Wildman–Crippen LogP) is 3.25. The fraction of sp³-hybridized carbons (Fsp3) is 0.375. The van der Waals surface area contributed by atoms with Crippen LogP contribution in [0.3, 0.4) is 0 Å². The summed E-state index contributed by atoms with van der Waals surface area (Å²) in [6.07, 6.45) is -8.50. The standard InChI is InChI=1S/C8H5F5N2O2/c1-3-6(7(9)10)4(8(11,12)13)2-5(14-3)15(16)17/h2,7H,1H3. The molecule has 0 saturated heterocycles. The maximum atomic E-state index is 12.4. The first kappa shape index (κ1) is 13.3. The molecule has 0 spiro atoms. The summed E-state index contributed by atoms with van der Waals surface area (Å²) in [6.45, 7) is 0.865. The number of hydrogen-bond donors (Lipinski definition) is 0. The molecule has 0 N–H and O–H groups in total. The second-order valence-electron chi connectivity index (χ2n) is 3.08. The molecule has 0 bridgehead atoms. The van der Waals surface area contributed by atoms with E-state index in [1.165, 1.54) is 0 Å². The number of nitro groups is 1. The van der Waals surface area contributed by atoms with Crippen molar-refractivity contribution >= 4 is 5.82 Å². The van der Waals surface area contributed by atoms with E-state index in [9.17, 15) is 32.1 Å². The zero-order valence-corrected chi connectivity index (χ0v) is 8.26. The zero-order chi connectivity index (χ0) is 13.4. The normalized spacial score (nSPS) is 11.9. The van der Waals surface area contributed by atoms with Crippen LogP contribution in [0.2, 0.25) is 0 Å². The molecule has 0 fully saturated rings. The highest BCUT2D eigenvalue weighted by Gasteiger charge is 2.40. The van der Waals surface area contributed by atoms with Gasteiger partial charge in [0, 0.05) is 13.0 Å². The molecule has 1 rings (SSSR count). The molecule has 1 aromatic rings. The lowest BCUT2D eigenvalue weighted by atomic mass is 10.1. The Morgan fingerprint density at radius 3 is 2.29 bits per heavy atom. The van der Waals surface area contributed by atoms with Crippen LogP contribution >= 0.6 is 0 Å². The Morgan fingerprint density at radius 2 is 1.94 bits per heavy atom. The van der Waals surface area contributed by atoms with Gasteiger partial charge in [-0.2, -0.15) is 13.2 Å². The number of aryl methyl sites for hydroxylation is 1. The summed E-state index contributed by atoms with van der Waals surface area (Å²) in [5.74, 6) is -1.11. The summed E-state index contributed by atoms with van der Waals surface area (Å²) in [4.78, 5) is 12.2. The van der Waals surface area contributed by atoms with Crippen LogP contribution < -0.4 is 0 Å². The zero-order valence-electron chi connectivity index (χ0n) is 8.26. The van der Waals surface area contributed by atoms with Crippen LogP contribution in [0.5, 0.6) is 0 Å². The number of rotatable bonds is 2. The lowest BCUT2D eigenvalue weighted by Gasteiger charge is -2.12. The number of pyridine rings is 1. The van der Waals surface area contributed by atoms with Crippen molar-refractivity contribution in [3.63, 3.8) is 0 Å². The molecular formula is C8H5F5N2O2. The van der Waals surface area contributed by atoms with Gasteiger partial charge in [0.15, 0.2) is 5.69 Å². The molecule has 9 heteroatoms. The van der Waals surface area contributed by atoms with Crippen molar-refractivity contribution in [3.05, 3.63) is 33.0 Å².